The van der Waals surface area contributed by atoms with Crippen molar-refractivity contribution in [3.8, 4) is 5.75 Å². The van der Waals surface area contributed by atoms with Gasteiger partial charge in [0.15, 0.2) is 0 Å². The van der Waals surface area contributed by atoms with Crippen molar-refractivity contribution in [1.29, 1.82) is 0 Å². The van der Waals surface area contributed by atoms with Crippen LogP contribution in [-0.2, 0) is 6.54 Å². The van der Waals surface area contributed by atoms with E-state index in [-0.39, 0.29) is 0 Å². The van der Waals surface area contributed by atoms with Crippen molar-refractivity contribution in [3.05, 3.63) is 29.8 Å². The molecule has 0 saturated heterocycles. The van der Waals surface area contributed by atoms with Gasteiger partial charge in [0.1, 0.15) is 5.75 Å². The van der Waals surface area contributed by atoms with Crippen molar-refractivity contribution >= 4 is 0 Å². The Hall–Kier alpha value is -1.02. The number of ether oxygens (including phenoxy) is 1. The fraction of sp³-hybridized carbons (Fsp3) is 0.647. The average Bonchev–Trinajstić information content (AvgIpc) is 2.74. The smallest absolute Gasteiger partial charge is 0.119 e. The van der Waals surface area contributed by atoms with Gasteiger partial charge < -0.3 is 10.1 Å². The molecular formula is C17H27NO. The van der Waals surface area contributed by atoms with Crippen LogP contribution in [0.15, 0.2) is 24.3 Å². The van der Waals surface area contributed by atoms with E-state index in [0.29, 0.717) is 10.8 Å². The third-order valence-corrected chi connectivity index (χ3v) is 5.23. The van der Waals surface area contributed by atoms with Crippen molar-refractivity contribution in [2.24, 2.45) is 16.7 Å². The van der Waals surface area contributed by atoms with Gasteiger partial charge in [-0.3, -0.25) is 0 Å². The number of hydrogen-bond donors (Lipinski definition) is 1. The summed E-state index contributed by atoms with van der Waals surface area (Å²) in [6.07, 6.45) is 0. The van der Waals surface area contributed by atoms with Gasteiger partial charge in [0.05, 0.1) is 6.61 Å². The van der Waals surface area contributed by atoms with Crippen molar-refractivity contribution in [3.63, 3.8) is 0 Å². The summed E-state index contributed by atoms with van der Waals surface area (Å²) in [4.78, 5) is 0. The molecule has 1 N–H and O–H groups in total. The Morgan fingerprint density at radius 2 is 1.63 bits per heavy atom. The predicted molar refractivity (Wildman–Crippen MR) is 80.4 cm³/mol. The van der Waals surface area contributed by atoms with E-state index < -0.39 is 0 Å². The zero-order valence-corrected chi connectivity index (χ0v) is 12.9. The minimum absolute atomic E-state index is 0.471. The van der Waals surface area contributed by atoms with Crippen LogP contribution in [0.4, 0.5) is 0 Å². The highest BCUT2D eigenvalue weighted by Crippen LogP contribution is 2.67. The van der Waals surface area contributed by atoms with E-state index in [1.54, 1.807) is 0 Å². The number of benzene rings is 1. The first kappa shape index (κ1) is 14.4. The summed E-state index contributed by atoms with van der Waals surface area (Å²) in [6.45, 7) is 14.3. The molecule has 2 heteroatoms. The van der Waals surface area contributed by atoms with Crippen molar-refractivity contribution in [1.82, 2.24) is 5.32 Å². The molecule has 1 aromatic carbocycles. The molecule has 2 nitrogen and oxygen atoms in total. The van der Waals surface area contributed by atoms with E-state index in [4.69, 9.17) is 4.74 Å². The lowest BCUT2D eigenvalue weighted by molar-refractivity contribution is 0.340. The Labute approximate surface area is 117 Å². The lowest BCUT2D eigenvalue weighted by Gasteiger charge is -2.07. The first-order valence-corrected chi connectivity index (χ1v) is 7.32. The van der Waals surface area contributed by atoms with Crippen LogP contribution in [0.3, 0.4) is 0 Å². The van der Waals surface area contributed by atoms with Gasteiger partial charge in [0, 0.05) is 6.54 Å². The van der Waals surface area contributed by atoms with Crippen LogP contribution >= 0.6 is 0 Å². The van der Waals surface area contributed by atoms with E-state index in [1.165, 1.54) is 5.56 Å². The summed E-state index contributed by atoms with van der Waals surface area (Å²) in [5.74, 6) is 1.73. The molecule has 0 bridgehead atoms. The summed E-state index contributed by atoms with van der Waals surface area (Å²) in [5, 5.41) is 3.59. The highest BCUT2D eigenvalue weighted by Gasteiger charge is 2.63. The molecule has 1 aromatic rings. The molecule has 0 amide bonds. The highest BCUT2D eigenvalue weighted by molar-refractivity contribution is 5.27. The molecule has 0 aliphatic heterocycles. The van der Waals surface area contributed by atoms with Gasteiger partial charge in [-0.15, -0.1) is 0 Å². The summed E-state index contributed by atoms with van der Waals surface area (Å²) in [6, 6.07) is 8.37. The summed E-state index contributed by atoms with van der Waals surface area (Å²) in [5.41, 5.74) is 2.26. The largest absolute Gasteiger partial charge is 0.494 e. The van der Waals surface area contributed by atoms with Crippen LogP contribution in [0, 0.1) is 16.7 Å². The average molecular weight is 261 g/mol. The lowest BCUT2D eigenvalue weighted by atomic mass is 10.0. The Morgan fingerprint density at radius 1 is 1.05 bits per heavy atom. The molecule has 0 aromatic heterocycles. The van der Waals surface area contributed by atoms with Gasteiger partial charge in [-0.05, 0) is 47.9 Å². The Morgan fingerprint density at radius 3 is 2.11 bits per heavy atom. The molecule has 19 heavy (non-hydrogen) atoms. The summed E-state index contributed by atoms with van der Waals surface area (Å²) < 4.78 is 5.45. The Kier molecular flexibility index (Phi) is 3.91. The molecule has 106 valence electrons. The fourth-order valence-corrected chi connectivity index (χ4v) is 3.07. The Bertz CT molecular complexity index is 405. The van der Waals surface area contributed by atoms with Crippen LogP contribution in [0.1, 0.15) is 40.2 Å². The maximum absolute atomic E-state index is 5.45. The van der Waals surface area contributed by atoms with Gasteiger partial charge in [-0.2, -0.15) is 0 Å². The van der Waals surface area contributed by atoms with E-state index in [2.05, 4.69) is 45.1 Å². The Balaban J connectivity index is 1.78. The molecule has 0 unspecified atom stereocenters. The van der Waals surface area contributed by atoms with Crippen LogP contribution in [-0.4, -0.2) is 13.2 Å². The first-order valence-electron chi connectivity index (χ1n) is 7.32. The third kappa shape index (κ3) is 2.79. The van der Waals surface area contributed by atoms with Crippen molar-refractivity contribution in [2.45, 2.75) is 41.2 Å². The second kappa shape index (κ2) is 5.16. The van der Waals surface area contributed by atoms with E-state index in [9.17, 15) is 0 Å². The predicted octanol–water partition coefficient (Wildman–Crippen LogP) is 3.86. The quantitative estimate of drug-likeness (QED) is 0.839. The third-order valence-electron chi connectivity index (χ3n) is 5.23. The fourth-order valence-electron chi connectivity index (χ4n) is 3.07. The van der Waals surface area contributed by atoms with E-state index >= 15 is 0 Å². The molecule has 1 saturated carbocycles. The van der Waals surface area contributed by atoms with Gasteiger partial charge in [0.2, 0.25) is 0 Å². The van der Waals surface area contributed by atoms with Crippen LogP contribution in [0.2, 0.25) is 0 Å². The zero-order chi connectivity index (χ0) is 14.1. The van der Waals surface area contributed by atoms with Gasteiger partial charge in [0.25, 0.3) is 0 Å². The van der Waals surface area contributed by atoms with E-state index in [1.807, 2.05) is 19.1 Å². The molecule has 2 rings (SSSR count). The molecule has 1 fully saturated rings. The molecule has 1 aliphatic carbocycles. The van der Waals surface area contributed by atoms with Crippen LogP contribution in [0.5, 0.6) is 5.75 Å². The second-order valence-electron chi connectivity index (χ2n) is 6.70. The topological polar surface area (TPSA) is 21.3 Å². The van der Waals surface area contributed by atoms with Gasteiger partial charge in [-0.25, -0.2) is 0 Å². The minimum Gasteiger partial charge on any atom is -0.494 e. The van der Waals surface area contributed by atoms with Gasteiger partial charge in [-0.1, -0.05) is 39.8 Å². The zero-order valence-electron chi connectivity index (χ0n) is 12.9. The maximum atomic E-state index is 5.45. The SMILES string of the molecule is CCOc1ccc(CNCC2C(C)(C)C2(C)C)cc1. The standard InChI is InChI=1S/C17H27NO/c1-6-19-14-9-7-13(8-10-14)11-18-12-15-16(2,3)17(15,4)5/h7-10,15,18H,6,11-12H2,1-5H3. The molecular weight excluding hydrogens is 234 g/mol. The first-order chi connectivity index (χ1) is 8.89. The summed E-state index contributed by atoms with van der Waals surface area (Å²) in [7, 11) is 0. The van der Waals surface area contributed by atoms with Crippen molar-refractivity contribution in [2.75, 3.05) is 13.2 Å². The summed E-state index contributed by atoms with van der Waals surface area (Å²) >= 11 is 0. The van der Waals surface area contributed by atoms with Gasteiger partial charge >= 0.3 is 0 Å². The van der Waals surface area contributed by atoms with E-state index in [0.717, 1.165) is 31.4 Å². The molecule has 0 atom stereocenters. The number of nitrogens with one attached hydrogen (secondary N) is 1. The second-order valence-corrected chi connectivity index (χ2v) is 6.70. The molecule has 0 spiro atoms. The maximum Gasteiger partial charge on any atom is 0.119 e. The highest BCUT2D eigenvalue weighted by atomic mass is 16.5. The molecule has 0 heterocycles. The number of rotatable bonds is 6. The minimum atomic E-state index is 0.471. The normalized spacial score (nSPS) is 20.3. The lowest BCUT2D eigenvalue weighted by Crippen LogP contribution is -2.18. The molecule has 1 aliphatic rings. The molecule has 0 radical (unpaired) electrons. The number of hydrogen-bond acceptors (Lipinski definition) is 2. The van der Waals surface area contributed by atoms with Crippen LogP contribution in [0.25, 0.3) is 0 Å². The van der Waals surface area contributed by atoms with Crippen molar-refractivity contribution < 1.29 is 4.74 Å². The van der Waals surface area contributed by atoms with Crippen LogP contribution < -0.4 is 10.1 Å². The monoisotopic (exact) mass is 261 g/mol.